The van der Waals surface area contributed by atoms with E-state index in [4.69, 9.17) is 5.73 Å². The van der Waals surface area contributed by atoms with E-state index in [9.17, 15) is 19.2 Å². The summed E-state index contributed by atoms with van der Waals surface area (Å²) in [5.41, 5.74) is 4.99. The minimum absolute atomic E-state index is 0.0238. The number of imide groups is 1. The topological polar surface area (TPSA) is 101 Å². The highest BCUT2D eigenvalue weighted by molar-refractivity contribution is 6.10. The van der Waals surface area contributed by atoms with E-state index in [-0.39, 0.29) is 42.4 Å². The van der Waals surface area contributed by atoms with Gasteiger partial charge in [0.2, 0.25) is 23.6 Å². The molecule has 1 aromatic rings. The van der Waals surface area contributed by atoms with Crippen molar-refractivity contribution in [2.45, 2.75) is 63.2 Å². The van der Waals surface area contributed by atoms with E-state index in [2.05, 4.69) is 0 Å². The summed E-state index contributed by atoms with van der Waals surface area (Å²) < 4.78 is 0. The third-order valence-electron chi connectivity index (χ3n) is 7.60. The first-order valence-corrected chi connectivity index (χ1v) is 11.9. The van der Waals surface area contributed by atoms with Crippen LogP contribution in [-0.4, -0.2) is 53.1 Å². The minimum atomic E-state index is -1.15. The van der Waals surface area contributed by atoms with E-state index >= 15 is 0 Å². The van der Waals surface area contributed by atoms with Crippen LogP contribution in [0.4, 0.5) is 0 Å². The number of rotatable bonds is 6. The van der Waals surface area contributed by atoms with E-state index in [1.54, 1.807) is 4.90 Å². The number of nitrogens with two attached hydrogens (primary N) is 1. The number of primary amides is 1. The quantitative estimate of drug-likeness (QED) is 0.688. The highest BCUT2D eigenvalue weighted by atomic mass is 16.2. The zero-order chi connectivity index (χ0) is 22.7. The van der Waals surface area contributed by atoms with Crippen LogP contribution in [0.5, 0.6) is 0 Å². The van der Waals surface area contributed by atoms with Gasteiger partial charge in [0, 0.05) is 38.4 Å². The molecule has 1 saturated carbocycles. The van der Waals surface area contributed by atoms with Gasteiger partial charge in [0.25, 0.3) is 0 Å². The van der Waals surface area contributed by atoms with Gasteiger partial charge in [0.1, 0.15) is 0 Å². The van der Waals surface area contributed by atoms with Crippen LogP contribution in [0.3, 0.4) is 0 Å². The van der Waals surface area contributed by atoms with Crippen LogP contribution in [0.1, 0.15) is 63.4 Å². The fourth-order valence-corrected chi connectivity index (χ4v) is 5.62. The van der Waals surface area contributed by atoms with E-state index in [1.165, 1.54) is 11.3 Å². The first-order valence-electron chi connectivity index (χ1n) is 11.9. The number of hydrogen-bond donors (Lipinski definition) is 1. The zero-order valence-corrected chi connectivity index (χ0v) is 18.6. The molecule has 3 aliphatic rings. The summed E-state index contributed by atoms with van der Waals surface area (Å²) in [6, 6.07) is 9.27. The van der Waals surface area contributed by atoms with Gasteiger partial charge in [0.05, 0.1) is 5.41 Å². The van der Waals surface area contributed by atoms with E-state index in [0.717, 1.165) is 31.2 Å². The summed E-state index contributed by atoms with van der Waals surface area (Å²) in [6.07, 6.45) is 6.69. The molecule has 32 heavy (non-hydrogen) atoms. The highest BCUT2D eigenvalue weighted by Crippen LogP contribution is 2.41. The van der Waals surface area contributed by atoms with Gasteiger partial charge in [-0.1, -0.05) is 49.6 Å². The number of carbonyl (C=O) groups excluding carboxylic acids is 4. The predicted molar refractivity (Wildman–Crippen MR) is 119 cm³/mol. The highest BCUT2D eigenvalue weighted by Gasteiger charge is 2.54. The fourth-order valence-electron chi connectivity index (χ4n) is 5.62. The first kappa shape index (κ1) is 22.5. The number of amides is 4. The van der Waals surface area contributed by atoms with Crippen molar-refractivity contribution in [2.24, 2.45) is 17.6 Å². The van der Waals surface area contributed by atoms with Gasteiger partial charge in [-0.15, -0.1) is 0 Å². The molecule has 7 nitrogen and oxygen atoms in total. The Bertz CT molecular complexity index is 872. The molecule has 1 aromatic carbocycles. The maximum Gasteiger partial charge on any atom is 0.240 e. The first-order chi connectivity index (χ1) is 15.4. The van der Waals surface area contributed by atoms with Crippen LogP contribution in [0.15, 0.2) is 30.3 Å². The largest absolute Gasteiger partial charge is 0.369 e. The van der Waals surface area contributed by atoms with Crippen molar-refractivity contribution in [1.82, 2.24) is 9.80 Å². The molecule has 7 heteroatoms. The van der Waals surface area contributed by atoms with Crippen molar-refractivity contribution in [3.8, 4) is 0 Å². The molecule has 4 amide bonds. The molecule has 2 saturated heterocycles. The van der Waals surface area contributed by atoms with Crippen LogP contribution in [-0.2, 0) is 24.6 Å². The van der Waals surface area contributed by atoms with E-state index < -0.39 is 5.41 Å². The summed E-state index contributed by atoms with van der Waals surface area (Å²) in [5, 5.41) is 0. The van der Waals surface area contributed by atoms with Gasteiger partial charge in [-0.2, -0.15) is 0 Å². The van der Waals surface area contributed by atoms with Crippen molar-refractivity contribution in [2.75, 3.05) is 19.6 Å². The Morgan fingerprint density at radius 1 is 0.969 bits per heavy atom. The minimum Gasteiger partial charge on any atom is -0.369 e. The maximum absolute atomic E-state index is 13.7. The third kappa shape index (κ3) is 4.43. The Morgan fingerprint density at radius 2 is 1.62 bits per heavy atom. The number of nitrogens with zero attached hydrogens (tertiary/aromatic N) is 2. The number of piperidine rings is 1. The molecule has 0 bridgehead atoms. The third-order valence-corrected chi connectivity index (χ3v) is 7.60. The molecule has 2 aliphatic heterocycles. The van der Waals surface area contributed by atoms with Crippen molar-refractivity contribution in [1.29, 1.82) is 0 Å². The Balaban J connectivity index is 1.54. The Kier molecular flexibility index (Phi) is 6.63. The molecule has 3 fully saturated rings. The Labute approximate surface area is 189 Å². The van der Waals surface area contributed by atoms with Crippen molar-refractivity contribution >= 4 is 23.6 Å². The molecule has 4 rings (SSSR count). The molecule has 0 unspecified atom stereocenters. The summed E-state index contributed by atoms with van der Waals surface area (Å²) in [7, 11) is 0. The molecule has 1 atom stereocenters. The lowest BCUT2D eigenvalue weighted by atomic mass is 9.75. The van der Waals surface area contributed by atoms with Crippen LogP contribution in [0, 0.1) is 11.8 Å². The standard InChI is InChI=1S/C25H33N3O4/c26-23(31)19-11-13-27(14-12-19)21(29)15-25(20-9-5-2-6-10-20)16-22(30)28(24(25)32)17-18-7-3-1-4-8-18/h2,5-6,9-10,18-19H,1,3-4,7-8,11-17H2,(H2,26,31)/t25-/m1/s1. The van der Waals surface area contributed by atoms with Gasteiger partial charge >= 0.3 is 0 Å². The average molecular weight is 440 g/mol. The van der Waals surface area contributed by atoms with Gasteiger partial charge < -0.3 is 10.6 Å². The molecule has 2 N–H and O–H groups in total. The predicted octanol–water partition coefficient (Wildman–Crippen LogP) is 2.38. The normalized spacial score (nSPS) is 25.4. The summed E-state index contributed by atoms with van der Waals surface area (Å²) in [6.45, 7) is 1.36. The fraction of sp³-hybridized carbons (Fsp3) is 0.600. The molecule has 1 aliphatic carbocycles. The van der Waals surface area contributed by atoms with Crippen LogP contribution >= 0.6 is 0 Å². The van der Waals surface area contributed by atoms with Gasteiger partial charge in [-0.3, -0.25) is 24.1 Å². The van der Waals surface area contributed by atoms with Crippen molar-refractivity contribution in [3.05, 3.63) is 35.9 Å². The van der Waals surface area contributed by atoms with E-state index in [0.29, 0.717) is 38.4 Å². The van der Waals surface area contributed by atoms with Crippen LogP contribution in [0.25, 0.3) is 0 Å². The zero-order valence-electron chi connectivity index (χ0n) is 18.6. The second kappa shape index (κ2) is 9.43. The average Bonchev–Trinajstić information content (AvgIpc) is 3.05. The van der Waals surface area contributed by atoms with Crippen molar-refractivity contribution < 1.29 is 19.2 Å². The summed E-state index contributed by atoms with van der Waals surface area (Å²) in [5.74, 6) is -0.732. The molecule has 0 spiro atoms. The van der Waals surface area contributed by atoms with E-state index in [1.807, 2.05) is 30.3 Å². The number of carbonyl (C=O) groups is 4. The SMILES string of the molecule is NC(=O)C1CCN(C(=O)C[C@]2(c3ccccc3)CC(=O)N(CC3CCCCC3)C2=O)CC1. The summed E-state index contributed by atoms with van der Waals surface area (Å²) in [4.78, 5) is 54.7. The lowest BCUT2D eigenvalue weighted by Gasteiger charge is -2.34. The Hall–Kier alpha value is -2.70. The molecule has 0 aromatic heterocycles. The van der Waals surface area contributed by atoms with Crippen LogP contribution < -0.4 is 5.73 Å². The Morgan fingerprint density at radius 3 is 2.25 bits per heavy atom. The molecule has 2 heterocycles. The number of benzene rings is 1. The van der Waals surface area contributed by atoms with Gasteiger partial charge in [-0.25, -0.2) is 0 Å². The number of likely N-dealkylation sites (tertiary alicyclic amines) is 2. The smallest absolute Gasteiger partial charge is 0.240 e. The lowest BCUT2D eigenvalue weighted by Crippen LogP contribution is -2.47. The lowest BCUT2D eigenvalue weighted by molar-refractivity contribution is -0.143. The molecular weight excluding hydrogens is 406 g/mol. The van der Waals surface area contributed by atoms with Crippen LogP contribution in [0.2, 0.25) is 0 Å². The second-order valence-corrected chi connectivity index (χ2v) is 9.67. The molecular formula is C25H33N3O4. The monoisotopic (exact) mass is 439 g/mol. The van der Waals surface area contributed by atoms with Gasteiger partial charge in [-0.05, 0) is 37.2 Å². The summed E-state index contributed by atoms with van der Waals surface area (Å²) >= 11 is 0. The van der Waals surface area contributed by atoms with Crippen molar-refractivity contribution in [3.63, 3.8) is 0 Å². The number of hydrogen-bond acceptors (Lipinski definition) is 4. The molecule has 172 valence electrons. The maximum atomic E-state index is 13.7. The second-order valence-electron chi connectivity index (χ2n) is 9.67. The molecule has 0 radical (unpaired) electrons. The van der Waals surface area contributed by atoms with Gasteiger partial charge in [0.15, 0.2) is 0 Å².